The molecule has 0 aliphatic carbocycles. The van der Waals surface area contributed by atoms with Crippen molar-refractivity contribution in [1.82, 2.24) is 4.98 Å². The number of ether oxygens (including phenoxy) is 2. The van der Waals surface area contributed by atoms with Gasteiger partial charge < -0.3 is 9.47 Å². The van der Waals surface area contributed by atoms with Crippen LogP contribution >= 0.6 is 27.3 Å². The first-order chi connectivity index (χ1) is 8.78. The zero-order valence-electron chi connectivity index (χ0n) is 9.14. The number of rotatable bonds is 1. The Hall–Kier alpha value is -1.58. The molecule has 6 heteroatoms. The molecule has 0 radical (unpaired) electrons. The lowest BCUT2D eigenvalue weighted by Gasteiger charge is -2.18. The average Bonchev–Trinajstić information content (AvgIpc) is 2.79. The second-order valence-corrected chi connectivity index (χ2v) is 5.36. The van der Waals surface area contributed by atoms with Crippen molar-refractivity contribution < 1.29 is 9.47 Å². The minimum absolute atomic E-state index is 0.557. The predicted octanol–water partition coefficient (Wildman–Crippen LogP) is 3.22. The van der Waals surface area contributed by atoms with Gasteiger partial charge in [-0.3, -0.25) is 0 Å². The molecule has 0 spiro atoms. The molecule has 3 rings (SSSR count). The number of benzene rings is 1. The van der Waals surface area contributed by atoms with E-state index in [-0.39, 0.29) is 0 Å². The molecule has 0 fully saturated rings. The highest BCUT2D eigenvalue weighted by Crippen LogP contribution is 2.37. The number of hydrogen-bond donors (Lipinski definition) is 0. The van der Waals surface area contributed by atoms with E-state index in [0.29, 0.717) is 22.7 Å². The minimum atomic E-state index is 0.557. The first kappa shape index (κ1) is 11.5. The van der Waals surface area contributed by atoms with Gasteiger partial charge in [0.2, 0.25) is 0 Å². The molecule has 2 heterocycles. The summed E-state index contributed by atoms with van der Waals surface area (Å²) in [5, 5.41) is 9.70. The third-order valence-electron chi connectivity index (χ3n) is 2.48. The summed E-state index contributed by atoms with van der Waals surface area (Å²) >= 11 is 4.62. The molecule has 2 aromatic rings. The van der Waals surface area contributed by atoms with Crippen LogP contribution in [0.15, 0.2) is 22.8 Å². The first-order valence-electron chi connectivity index (χ1n) is 5.24. The van der Waals surface area contributed by atoms with E-state index in [1.165, 1.54) is 11.3 Å². The topological polar surface area (TPSA) is 55.1 Å². The van der Waals surface area contributed by atoms with Gasteiger partial charge in [0.1, 0.15) is 33.8 Å². The van der Waals surface area contributed by atoms with Crippen molar-refractivity contribution in [2.24, 2.45) is 0 Å². The number of thiazole rings is 1. The Bertz CT molecular complexity index is 648. The smallest absolute Gasteiger partial charge is 0.162 e. The zero-order chi connectivity index (χ0) is 12.5. The number of nitrogens with zero attached hydrogens (tertiary/aromatic N) is 2. The molecule has 1 aromatic heterocycles. The van der Waals surface area contributed by atoms with Gasteiger partial charge in [-0.15, -0.1) is 11.3 Å². The lowest BCUT2D eigenvalue weighted by molar-refractivity contribution is 0.171. The molecule has 0 saturated carbocycles. The van der Waals surface area contributed by atoms with Crippen molar-refractivity contribution in [3.05, 3.63) is 27.7 Å². The van der Waals surface area contributed by atoms with E-state index in [0.717, 1.165) is 22.1 Å². The van der Waals surface area contributed by atoms with Crippen LogP contribution in [-0.4, -0.2) is 18.2 Å². The van der Waals surface area contributed by atoms with Crippen molar-refractivity contribution >= 4 is 27.3 Å². The molecule has 4 nitrogen and oxygen atoms in total. The molecule has 1 aliphatic heterocycles. The summed E-state index contributed by atoms with van der Waals surface area (Å²) in [4.78, 5) is 4.89. The highest BCUT2D eigenvalue weighted by Gasteiger charge is 2.15. The molecule has 0 N–H and O–H groups in total. The van der Waals surface area contributed by atoms with Gasteiger partial charge in [0.05, 0.1) is 0 Å². The van der Waals surface area contributed by atoms with E-state index in [1.807, 2.05) is 18.2 Å². The molecule has 90 valence electrons. The molecule has 18 heavy (non-hydrogen) atoms. The number of nitriles is 1. The molecular weight excluding hydrogens is 316 g/mol. The fourth-order valence-corrected chi connectivity index (χ4v) is 3.05. The lowest BCUT2D eigenvalue weighted by atomic mass is 10.2. The van der Waals surface area contributed by atoms with E-state index in [9.17, 15) is 0 Å². The van der Waals surface area contributed by atoms with Crippen molar-refractivity contribution in [2.45, 2.75) is 0 Å². The van der Waals surface area contributed by atoms with Gasteiger partial charge in [-0.05, 0) is 34.1 Å². The Labute approximate surface area is 116 Å². The second-order valence-electron chi connectivity index (χ2n) is 3.61. The Balaban J connectivity index is 2.04. The Morgan fingerprint density at radius 1 is 1.28 bits per heavy atom. The van der Waals surface area contributed by atoms with Gasteiger partial charge in [-0.25, -0.2) is 4.98 Å². The summed E-state index contributed by atoms with van der Waals surface area (Å²) in [6.07, 6.45) is 0. The Kier molecular flexibility index (Phi) is 2.94. The van der Waals surface area contributed by atoms with E-state index in [2.05, 4.69) is 27.0 Å². The van der Waals surface area contributed by atoms with Gasteiger partial charge in [0, 0.05) is 5.56 Å². The fourth-order valence-electron chi connectivity index (χ4n) is 1.67. The molecule has 1 aromatic carbocycles. The third-order valence-corrected chi connectivity index (χ3v) is 4.32. The lowest BCUT2D eigenvalue weighted by Crippen LogP contribution is -2.15. The van der Waals surface area contributed by atoms with Crippen LogP contribution in [-0.2, 0) is 0 Å². The molecule has 0 atom stereocenters. The first-order valence-corrected chi connectivity index (χ1v) is 6.85. The van der Waals surface area contributed by atoms with Gasteiger partial charge in [-0.1, -0.05) is 0 Å². The van der Waals surface area contributed by atoms with E-state index in [1.54, 1.807) is 0 Å². The van der Waals surface area contributed by atoms with Crippen LogP contribution in [0, 0.1) is 11.3 Å². The molecular formula is C12H7BrN2O2S. The van der Waals surface area contributed by atoms with Crippen LogP contribution in [0.3, 0.4) is 0 Å². The van der Waals surface area contributed by atoms with Crippen molar-refractivity contribution in [2.75, 3.05) is 13.2 Å². The summed E-state index contributed by atoms with van der Waals surface area (Å²) in [7, 11) is 0. The second kappa shape index (κ2) is 4.59. The summed E-state index contributed by atoms with van der Waals surface area (Å²) in [6, 6.07) is 7.77. The van der Waals surface area contributed by atoms with Crippen molar-refractivity contribution in [1.29, 1.82) is 5.26 Å². The van der Waals surface area contributed by atoms with Gasteiger partial charge >= 0.3 is 0 Å². The van der Waals surface area contributed by atoms with E-state index in [4.69, 9.17) is 14.7 Å². The maximum atomic E-state index is 8.92. The summed E-state index contributed by atoms with van der Waals surface area (Å²) in [5.74, 6) is 1.48. The van der Waals surface area contributed by atoms with Crippen LogP contribution in [0.4, 0.5) is 0 Å². The van der Waals surface area contributed by atoms with Crippen molar-refractivity contribution in [3.8, 4) is 28.1 Å². The maximum absolute atomic E-state index is 8.92. The van der Waals surface area contributed by atoms with E-state index >= 15 is 0 Å². The van der Waals surface area contributed by atoms with Gasteiger partial charge in [-0.2, -0.15) is 5.26 Å². The number of hydrogen-bond acceptors (Lipinski definition) is 5. The van der Waals surface area contributed by atoms with Crippen LogP contribution in [0.25, 0.3) is 10.6 Å². The van der Waals surface area contributed by atoms with E-state index < -0.39 is 0 Å². The van der Waals surface area contributed by atoms with Crippen LogP contribution < -0.4 is 9.47 Å². The van der Waals surface area contributed by atoms with Crippen LogP contribution in [0.2, 0.25) is 0 Å². The SMILES string of the molecule is N#Cc1sc(-c2ccc3c(c2)OCCO3)nc1Br. The number of halogens is 1. The normalized spacial score (nSPS) is 13.1. The summed E-state index contributed by atoms with van der Waals surface area (Å²) < 4.78 is 11.6. The van der Waals surface area contributed by atoms with Crippen LogP contribution in [0.1, 0.15) is 4.88 Å². The average molecular weight is 323 g/mol. The monoisotopic (exact) mass is 322 g/mol. The Morgan fingerprint density at radius 2 is 2.06 bits per heavy atom. The summed E-state index contributed by atoms with van der Waals surface area (Å²) in [5.41, 5.74) is 0.923. The summed E-state index contributed by atoms with van der Waals surface area (Å²) in [6.45, 7) is 1.13. The predicted molar refractivity (Wildman–Crippen MR) is 71.0 cm³/mol. The van der Waals surface area contributed by atoms with Crippen molar-refractivity contribution in [3.63, 3.8) is 0 Å². The Morgan fingerprint density at radius 3 is 2.78 bits per heavy atom. The zero-order valence-corrected chi connectivity index (χ0v) is 11.5. The largest absolute Gasteiger partial charge is 0.486 e. The maximum Gasteiger partial charge on any atom is 0.162 e. The molecule has 1 aliphatic rings. The molecule has 0 unspecified atom stereocenters. The highest BCUT2D eigenvalue weighted by molar-refractivity contribution is 9.10. The third kappa shape index (κ3) is 1.96. The standard InChI is InChI=1S/C12H7BrN2O2S/c13-11-10(6-14)18-12(15-11)7-1-2-8-9(5-7)17-4-3-16-8/h1-2,5H,3-4H2. The molecule has 0 saturated heterocycles. The fraction of sp³-hybridized carbons (Fsp3) is 0.167. The van der Waals surface area contributed by atoms with Gasteiger partial charge in [0.25, 0.3) is 0 Å². The minimum Gasteiger partial charge on any atom is -0.486 e. The number of aromatic nitrogens is 1. The molecule has 0 amide bonds. The molecule has 0 bridgehead atoms. The van der Waals surface area contributed by atoms with Gasteiger partial charge in [0.15, 0.2) is 11.5 Å². The highest BCUT2D eigenvalue weighted by atomic mass is 79.9. The quantitative estimate of drug-likeness (QED) is 0.809. The van der Waals surface area contributed by atoms with Crippen LogP contribution in [0.5, 0.6) is 11.5 Å². The number of fused-ring (bicyclic) bond motifs is 1.